The highest BCUT2D eigenvalue weighted by atomic mass is 19.2. The molecular weight excluding hydrogens is 1090 g/mol. The third-order valence-corrected chi connectivity index (χ3v) is 15.7. The third kappa shape index (κ3) is 13.2. The number of ether oxygens (including phenoxy) is 4. The molecule has 0 radical (unpaired) electrons. The van der Waals surface area contributed by atoms with E-state index in [1.165, 1.54) is 26.4 Å². The quantitative estimate of drug-likeness (QED) is 0.0286. The highest BCUT2D eigenvalue weighted by molar-refractivity contribution is 6.03. The number of imide groups is 2. The van der Waals surface area contributed by atoms with E-state index in [9.17, 15) is 56.4 Å². The molecule has 24 heteroatoms. The molecule has 0 saturated heterocycles. The molecular formula is C59H63F4N9O11. The summed E-state index contributed by atoms with van der Waals surface area (Å²) in [5.74, 6) is -6.51. The topological polar surface area (TPSA) is 259 Å². The first-order chi connectivity index (χ1) is 40.0. The first kappa shape index (κ1) is 60.4. The van der Waals surface area contributed by atoms with Crippen molar-refractivity contribution in [3.63, 3.8) is 0 Å². The number of benzene rings is 4. The smallest absolute Gasteiger partial charge is 0.338 e. The molecule has 8 amide bonds. The fourth-order valence-electron chi connectivity index (χ4n) is 11.4. The van der Waals surface area contributed by atoms with Crippen molar-refractivity contribution in [2.75, 3.05) is 60.7 Å². The molecule has 2 saturated carbocycles. The van der Waals surface area contributed by atoms with E-state index in [-0.39, 0.29) is 78.0 Å². The number of urea groups is 4. The highest BCUT2D eigenvalue weighted by Gasteiger charge is 2.48. The molecule has 0 spiro atoms. The summed E-state index contributed by atoms with van der Waals surface area (Å²) < 4.78 is 75.8. The lowest BCUT2D eigenvalue weighted by atomic mass is 9.68. The van der Waals surface area contributed by atoms with Gasteiger partial charge in [-0.05, 0) is 97.9 Å². The van der Waals surface area contributed by atoms with Crippen molar-refractivity contribution >= 4 is 42.0 Å². The van der Waals surface area contributed by atoms with Gasteiger partial charge in [-0.3, -0.25) is 4.79 Å². The Morgan fingerprint density at radius 2 is 1.16 bits per heavy atom. The largest absolute Gasteiger partial charge is 0.468 e. The predicted molar refractivity (Wildman–Crippen MR) is 289 cm³/mol. The highest BCUT2D eigenvalue weighted by Crippen LogP contribution is 2.42. The van der Waals surface area contributed by atoms with E-state index in [1.54, 1.807) is 0 Å². The number of nitrogens with zero attached hydrogens (tertiary/aromatic N) is 3. The molecule has 3 aliphatic heterocycles. The van der Waals surface area contributed by atoms with Gasteiger partial charge in [-0.15, -0.1) is 0 Å². The number of carbonyl (C=O) groups excluding carboxylic acids is 7. The maximum absolute atomic E-state index is 14.3. The molecule has 3 heterocycles. The van der Waals surface area contributed by atoms with Crippen molar-refractivity contribution in [2.45, 2.75) is 86.4 Å². The van der Waals surface area contributed by atoms with E-state index in [4.69, 9.17) is 18.9 Å². The van der Waals surface area contributed by atoms with Gasteiger partial charge in [0.25, 0.3) is 0 Å². The Hall–Kier alpha value is -8.66. The van der Waals surface area contributed by atoms with Crippen LogP contribution in [0, 0.1) is 34.6 Å². The Labute approximate surface area is 475 Å². The van der Waals surface area contributed by atoms with Crippen LogP contribution in [0.15, 0.2) is 120 Å². The van der Waals surface area contributed by atoms with Crippen molar-refractivity contribution in [2.24, 2.45) is 0 Å². The molecule has 2 unspecified atom stereocenters. The van der Waals surface area contributed by atoms with Gasteiger partial charge in [-0.25, -0.2) is 56.1 Å². The molecule has 5 aliphatic rings. The summed E-state index contributed by atoms with van der Waals surface area (Å²) in [6.45, 7) is 0.626. The molecule has 0 bridgehead atoms. The molecule has 4 aromatic rings. The Morgan fingerprint density at radius 3 is 1.66 bits per heavy atom. The number of rotatable bonds is 16. The molecule has 438 valence electrons. The molecule has 2 atom stereocenters. The van der Waals surface area contributed by atoms with Crippen LogP contribution in [0.2, 0.25) is 0 Å². The van der Waals surface area contributed by atoms with Crippen LogP contribution in [0.4, 0.5) is 36.7 Å². The Bertz CT molecular complexity index is 3200. The minimum Gasteiger partial charge on any atom is -0.468 e. The zero-order valence-corrected chi connectivity index (χ0v) is 45.8. The fraction of sp³-hybridized carbons (Fsp3) is 0.390. The van der Waals surface area contributed by atoms with E-state index in [0.717, 1.165) is 78.0 Å². The molecule has 20 nitrogen and oxygen atoms in total. The number of hydrogen-bond donors (Lipinski definition) is 6. The summed E-state index contributed by atoms with van der Waals surface area (Å²) in [7, 11) is 3.85. The summed E-state index contributed by atoms with van der Waals surface area (Å²) in [5.41, 5.74) is 0.816. The molecule has 6 N–H and O–H groups in total. The number of amides is 8. The lowest BCUT2D eigenvalue weighted by Gasteiger charge is -2.38. The van der Waals surface area contributed by atoms with Crippen LogP contribution >= 0.6 is 0 Å². The van der Waals surface area contributed by atoms with Crippen LogP contribution in [0.1, 0.15) is 85.7 Å². The molecule has 2 fully saturated rings. The maximum Gasteiger partial charge on any atom is 0.338 e. The van der Waals surface area contributed by atoms with Gasteiger partial charge in [-0.2, -0.15) is 5.26 Å². The van der Waals surface area contributed by atoms with Crippen molar-refractivity contribution in [3.8, 4) is 6.07 Å². The van der Waals surface area contributed by atoms with E-state index < -0.39 is 82.2 Å². The Morgan fingerprint density at radius 1 is 0.651 bits per heavy atom. The zero-order valence-electron chi connectivity index (χ0n) is 45.8. The van der Waals surface area contributed by atoms with E-state index in [0.29, 0.717) is 38.8 Å². The molecule has 0 aromatic heterocycles. The van der Waals surface area contributed by atoms with Crippen LogP contribution in [0.5, 0.6) is 0 Å². The molecule has 4 aromatic carbocycles. The predicted octanol–water partition coefficient (Wildman–Crippen LogP) is 7.00. The van der Waals surface area contributed by atoms with Crippen molar-refractivity contribution < 1.29 is 70.1 Å². The second-order valence-corrected chi connectivity index (χ2v) is 20.5. The second-order valence-electron chi connectivity index (χ2n) is 20.5. The van der Waals surface area contributed by atoms with Crippen LogP contribution in [-0.4, -0.2) is 125 Å². The maximum atomic E-state index is 14.3. The van der Waals surface area contributed by atoms with Gasteiger partial charge in [0.05, 0.1) is 60.3 Å². The lowest BCUT2D eigenvalue weighted by Crippen LogP contribution is -2.56. The number of nitrogens with one attached hydrogen (secondary N) is 6. The number of cyclic esters (lactones) is 1. The van der Waals surface area contributed by atoms with Crippen LogP contribution < -0.4 is 31.9 Å². The number of hydrogen-bond acceptors (Lipinski definition) is 14. The van der Waals surface area contributed by atoms with Gasteiger partial charge in [0.15, 0.2) is 23.3 Å². The van der Waals surface area contributed by atoms with Gasteiger partial charge in [0.2, 0.25) is 0 Å². The second kappa shape index (κ2) is 26.9. The number of esters is 3. The summed E-state index contributed by atoms with van der Waals surface area (Å²) in [6.07, 6.45) is 5.59. The van der Waals surface area contributed by atoms with E-state index >= 15 is 0 Å². The molecule has 9 rings (SSSR count). The Balaban J connectivity index is 0.000000218. The van der Waals surface area contributed by atoms with Gasteiger partial charge in [0, 0.05) is 45.4 Å². The number of carbonyl (C=O) groups is 7. The van der Waals surface area contributed by atoms with Crippen LogP contribution in [0.25, 0.3) is 0 Å². The standard InChI is InChI=1S/C31H36F2N4O7.C28H27F2N5O4/c1-42-18-24-25(27(38)43-2)26(19-9-10-22(32)23(33)17-19)37(30(41)36-24)29(40)35-16-15-34-21-11-13-31(14-12-21,28(39)44-3)20-7-5-4-6-8-20;29-20-7-6-17(14-21(20)30)24-23-22(15-39-25(23)36)34-27(38)35(24)26(37)33-13-12-32-19-8-10-28(16-31,11-9-19)18-4-2-1-3-5-18/h4-10,17,21,26,34H,11-16,18H2,1-3H3,(H,35,40)(H,36,41);1-7,14,19,24,32H,8-13,15H2,(H,33,37)(H,34,38). The molecule has 2 aliphatic carbocycles. The van der Waals surface area contributed by atoms with Crippen LogP contribution in [0.3, 0.4) is 0 Å². The monoisotopic (exact) mass is 1150 g/mol. The number of nitriles is 1. The fourth-order valence-corrected chi connectivity index (χ4v) is 11.4. The minimum atomic E-state index is -1.42. The van der Waals surface area contributed by atoms with Gasteiger partial charge in [0.1, 0.15) is 18.7 Å². The van der Waals surface area contributed by atoms with Crippen molar-refractivity contribution in [1.29, 1.82) is 5.26 Å². The van der Waals surface area contributed by atoms with Crippen LogP contribution in [-0.2, 0) is 44.2 Å². The van der Waals surface area contributed by atoms with Gasteiger partial charge in [-0.1, -0.05) is 72.8 Å². The summed E-state index contributed by atoms with van der Waals surface area (Å²) >= 11 is 0. The summed E-state index contributed by atoms with van der Waals surface area (Å²) in [6, 6.07) is 21.8. The average molecular weight is 1150 g/mol. The van der Waals surface area contributed by atoms with E-state index in [1.807, 2.05) is 60.7 Å². The first-order valence-corrected chi connectivity index (χ1v) is 26.9. The van der Waals surface area contributed by atoms with Crippen molar-refractivity contribution in [3.05, 3.63) is 165 Å². The minimum absolute atomic E-state index is 0.00418. The zero-order chi connectivity index (χ0) is 59.4. The van der Waals surface area contributed by atoms with E-state index in [2.05, 4.69) is 38.0 Å². The molecule has 83 heavy (non-hydrogen) atoms. The average Bonchev–Trinajstić information content (AvgIpc) is 3.72. The van der Waals surface area contributed by atoms with Crippen molar-refractivity contribution in [1.82, 2.24) is 41.7 Å². The van der Waals surface area contributed by atoms with Gasteiger partial charge >= 0.3 is 42.0 Å². The first-order valence-electron chi connectivity index (χ1n) is 26.9. The normalized spacial score (nSPS) is 23.1. The third-order valence-electron chi connectivity index (χ3n) is 15.7. The number of halogens is 4. The SMILES string of the molecule is COCC1=C(C(=O)OC)C(c2ccc(F)c(F)c2)N(C(=O)NCCNC2CCC(C(=O)OC)(c3ccccc3)CC2)C(=O)N1.N#CC1(c2ccccc2)CCC(NCCNC(=O)N2C(=O)NC3=C(C(=O)OC3)C2c2ccc(F)c(F)c2)CC1. The Kier molecular flexibility index (Phi) is 19.6. The number of methoxy groups -OCH3 is 3. The van der Waals surface area contributed by atoms with Gasteiger partial charge < -0.3 is 50.8 Å². The summed E-state index contributed by atoms with van der Waals surface area (Å²) in [4.78, 5) is 92.1. The summed E-state index contributed by atoms with van der Waals surface area (Å²) in [5, 5.41) is 26.9. The lowest BCUT2D eigenvalue weighted by molar-refractivity contribution is -0.149.